The van der Waals surface area contributed by atoms with Gasteiger partial charge in [-0.2, -0.15) is 0 Å². The normalized spacial score (nSPS) is 14.2. The highest BCUT2D eigenvalue weighted by Gasteiger charge is 2.26. The fraction of sp³-hybridized carbons (Fsp3) is 0.364. The average molecular weight is 246 g/mol. The Morgan fingerprint density at radius 3 is 2.56 bits per heavy atom. The molecule has 0 saturated heterocycles. The van der Waals surface area contributed by atoms with Gasteiger partial charge in [0.05, 0.1) is 6.42 Å². The molecule has 0 aromatic heterocycles. The van der Waals surface area contributed by atoms with Gasteiger partial charge in [-0.1, -0.05) is 11.6 Å². The maximum atomic E-state index is 13.6. The van der Waals surface area contributed by atoms with Crippen molar-refractivity contribution in [2.45, 2.75) is 19.0 Å². The summed E-state index contributed by atoms with van der Waals surface area (Å²) in [6.45, 7) is 1.20. The van der Waals surface area contributed by atoms with Crippen molar-refractivity contribution in [3.63, 3.8) is 0 Å². The molecule has 1 rings (SSSR count). The third-order valence-electron chi connectivity index (χ3n) is 2.03. The minimum Gasteiger partial charge on any atom is -0.481 e. The predicted octanol–water partition coefficient (Wildman–Crippen LogP) is 2.95. The molecule has 0 radical (unpaired) electrons. The Hall–Kier alpha value is -1.29. The second-order valence-corrected chi connectivity index (χ2v) is 4.28. The van der Waals surface area contributed by atoms with Gasteiger partial charge >= 0.3 is 5.97 Å². The van der Waals surface area contributed by atoms with Crippen LogP contribution in [-0.4, -0.2) is 23.3 Å². The number of anilines is 1. The van der Waals surface area contributed by atoms with Crippen molar-refractivity contribution in [3.05, 3.63) is 29.3 Å². The van der Waals surface area contributed by atoms with Crippen molar-refractivity contribution in [2.24, 2.45) is 0 Å². The Morgan fingerprint density at radius 1 is 1.50 bits per heavy atom. The molecule has 1 atom stereocenters. The molecule has 0 bridgehead atoms. The summed E-state index contributed by atoms with van der Waals surface area (Å²) >= 11 is 5.69. The molecule has 5 heteroatoms. The van der Waals surface area contributed by atoms with Crippen LogP contribution < -0.4 is 5.32 Å². The number of alkyl halides is 1. The van der Waals surface area contributed by atoms with Crippen molar-refractivity contribution < 1.29 is 14.3 Å². The van der Waals surface area contributed by atoms with Crippen LogP contribution in [0.1, 0.15) is 13.3 Å². The molecule has 2 N–H and O–H groups in total. The molecule has 0 amide bonds. The maximum Gasteiger partial charge on any atom is 0.306 e. The lowest BCUT2D eigenvalue weighted by Gasteiger charge is -2.19. The average Bonchev–Trinajstić information content (AvgIpc) is 2.15. The molecule has 1 aromatic carbocycles. The van der Waals surface area contributed by atoms with E-state index in [0.29, 0.717) is 10.7 Å². The summed E-state index contributed by atoms with van der Waals surface area (Å²) in [6.07, 6.45) is -0.520. The number of benzene rings is 1. The van der Waals surface area contributed by atoms with E-state index in [-0.39, 0.29) is 6.54 Å². The van der Waals surface area contributed by atoms with Gasteiger partial charge in [-0.3, -0.25) is 4.79 Å². The number of halogens is 2. The van der Waals surface area contributed by atoms with Crippen molar-refractivity contribution in [2.75, 3.05) is 11.9 Å². The molecule has 1 unspecified atom stereocenters. The van der Waals surface area contributed by atoms with Gasteiger partial charge < -0.3 is 10.4 Å². The van der Waals surface area contributed by atoms with Crippen molar-refractivity contribution in [1.29, 1.82) is 0 Å². The highest BCUT2D eigenvalue weighted by Crippen LogP contribution is 2.18. The first kappa shape index (κ1) is 12.8. The quantitative estimate of drug-likeness (QED) is 0.839. The number of aliphatic carboxylic acids is 1. The first-order chi connectivity index (χ1) is 7.39. The van der Waals surface area contributed by atoms with E-state index < -0.39 is 18.1 Å². The Balaban J connectivity index is 2.50. The van der Waals surface area contributed by atoms with Crippen molar-refractivity contribution in [1.82, 2.24) is 0 Å². The zero-order chi connectivity index (χ0) is 12.2. The van der Waals surface area contributed by atoms with Gasteiger partial charge in [-0.05, 0) is 31.2 Å². The highest BCUT2D eigenvalue weighted by molar-refractivity contribution is 6.30. The van der Waals surface area contributed by atoms with E-state index in [2.05, 4.69) is 5.32 Å². The molecule has 0 spiro atoms. The smallest absolute Gasteiger partial charge is 0.306 e. The number of nitrogens with one attached hydrogen (secondary N) is 1. The molecule has 0 saturated carbocycles. The summed E-state index contributed by atoms with van der Waals surface area (Å²) in [7, 11) is 0. The van der Waals surface area contributed by atoms with Gasteiger partial charge in [0.15, 0.2) is 0 Å². The van der Waals surface area contributed by atoms with E-state index in [9.17, 15) is 9.18 Å². The van der Waals surface area contributed by atoms with Gasteiger partial charge in [0.2, 0.25) is 0 Å². The summed E-state index contributed by atoms with van der Waals surface area (Å²) in [4.78, 5) is 10.4. The highest BCUT2D eigenvalue weighted by atomic mass is 35.5. The molecule has 0 fully saturated rings. The van der Waals surface area contributed by atoms with Crippen LogP contribution in [-0.2, 0) is 4.79 Å². The van der Waals surface area contributed by atoms with Crippen LogP contribution >= 0.6 is 11.6 Å². The summed E-state index contributed by atoms with van der Waals surface area (Å²) in [5.41, 5.74) is -1.07. The van der Waals surface area contributed by atoms with Crippen LogP contribution in [0.25, 0.3) is 0 Å². The molecule has 0 aliphatic heterocycles. The van der Waals surface area contributed by atoms with Crippen LogP contribution in [0.15, 0.2) is 24.3 Å². The number of carboxylic acids is 1. The van der Waals surface area contributed by atoms with Crippen LogP contribution in [0, 0.1) is 0 Å². The Morgan fingerprint density at radius 2 is 2.06 bits per heavy atom. The van der Waals surface area contributed by atoms with E-state index >= 15 is 0 Å². The minimum atomic E-state index is -1.77. The van der Waals surface area contributed by atoms with Crippen LogP contribution in [0.3, 0.4) is 0 Å². The SMILES string of the molecule is CC(F)(CNc1ccc(Cl)cc1)CC(=O)O. The number of hydrogen-bond donors (Lipinski definition) is 2. The van der Waals surface area contributed by atoms with Gasteiger partial charge in [0.1, 0.15) is 5.67 Å². The molecule has 16 heavy (non-hydrogen) atoms. The van der Waals surface area contributed by atoms with Gasteiger partial charge in [0, 0.05) is 17.3 Å². The van der Waals surface area contributed by atoms with Gasteiger partial charge in [-0.15, -0.1) is 0 Å². The van der Waals surface area contributed by atoms with Crippen LogP contribution in [0.4, 0.5) is 10.1 Å². The molecular formula is C11H13ClFNO2. The van der Waals surface area contributed by atoms with E-state index in [1.807, 2.05) is 0 Å². The second kappa shape index (κ2) is 5.16. The summed E-state index contributed by atoms with van der Waals surface area (Å²) < 4.78 is 13.6. The van der Waals surface area contributed by atoms with Crippen LogP contribution in [0.5, 0.6) is 0 Å². The van der Waals surface area contributed by atoms with E-state index in [1.54, 1.807) is 24.3 Å². The Labute approximate surface area is 98.2 Å². The van der Waals surface area contributed by atoms with E-state index in [4.69, 9.17) is 16.7 Å². The molecule has 0 aliphatic carbocycles. The van der Waals surface area contributed by atoms with Gasteiger partial charge in [0.25, 0.3) is 0 Å². The molecule has 3 nitrogen and oxygen atoms in total. The Kier molecular flexibility index (Phi) is 4.12. The lowest BCUT2D eigenvalue weighted by atomic mass is 10.1. The summed E-state index contributed by atoms with van der Waals surface area (Å²) in [5, 5.41) is 11.9. The minimum absolute atomic E-state index is 0.0546. The van der Waals surface area contributed by atoms with Crippen molar-refractivity contribution >= 4 is 23.3 Å². The van der Waals surface area contributed by atoms with Crippen molar-refractivity contribution in [3.8, 4) is 0 Å². The number of hydrogen-bond acceptors (Lipinski definition) is 2. The maximum absolute atomic E-state index is 13.6. The third kappa shape index (κ3) is 4.49. The first-order valence-electron chi connectivity index (χ1n) is 4.79. The number of carboxylic acid groups (broad SMARTS) is 1. The number of rotatable bonds is 5. The largest absolute Gasteiger partial charge is 0.481 e. The molecule has 0 heterocycles. The zero-order valence-electron chi connectivity index (χ0n) is 8.84. The second-order valence-electron chi connectivity index (χ2n) is 3.84. The third-order valence-corrected chi connectivity index (χ3v) is 2.28. The number of carbonyl (C=O) groups is 1. The first-order valence-corrected chi connectivity index (χ1v) is 5.17. The zero-order valence-corrected chi connectivity index (χ0v) is 9.59. The summed E-state index contributed by atoms with van der Waals surface area (Å²) in [6, 6.07) is 6.77. The lowest BCUT2D eigenvalue weighted by molar-refractivity contribution is -0.139. The Bertz CT molecular complexity index is 365. The molecule has 1 aromatic rings. The van der Waals surface area contributed by atoms with E-state index in [1.165, 1.54) is 6.92 Å². The summed E-state index contributed by atoms with van der Waals surface area (Å²) in [5.74, 6) is -1.15. The van der Waals surface area contributed by atoms with E-state index in [0.717, 1.165) is 0 Å². The van der Waals surface area contributed by atoms with Crippen LogP contribution in [0.2, 0.25) is 5.02 Å². The molecule has 0 aliphatic rings. The topological polar surface area (TPSA) is 49.3 Å². The fourth-order valence-corrected chi connectivity index (χ4v) is 1.36. The monoisotopic (exact) mass is 245 g/mol. The standard InChI is InChI=1S/C11H13ClFNO2/c1-11(13,6-10(15)16)7-14-9-4-2-8(12)3-5-9/h2-5,14H,6-7H2,1H3,(H,15,16). The molecule has 88 valence electrons. The fourth-order valence-electron chi connectivity index (χ4n) is 1.23. The lowest BCUT2D eigenvalue weighted by Crippen LogP contribution is -2.31. The van der Waals surface area contributed by atoms with Gasteiger partial charge in [-0.25, -0.2) is 4.39 Å². The molecular weight excluding hydrogens is 233 g/mol. The predicted molar refractivity (Wildman–Crippen MR) is 61.7 cm³/mol.